The molecular formula is C20H25N3O5. The summed E-state index contributed by atoms with van der Waals surface area (Å²) in [6, 6.07) is 5.48. The molecule has 8 nitrogen and oxygen atoms in total. The van der Waals surface area contributed by atoms with Crippen molar-refractivity contribution in [1.82, 2.24) is 15.2 Å². The number of carbonyl (C=O) groups excluding carboxylic acids is 1. The van der Waals surface area contributed by atoms with Crippen LogP contribution in [0.4, 0.5) is 0 Å². The van der Waals surface area contributed by atoms with Crippen molar-refractivity contribution in [2.24, 2.45) is 0 Å². The van der Waals surface area contributed by atoms with Gasteiger partial charge in [0.2, 0.25) is 5.91 Å². The van der Waals surface area contributed by atoms with Crippen molar-refractivity contribution in [2.45, 2.75) is 12.8 Å². The molecule has 1 fully saturated rings. The van der Waals surface area contributed by atoms with E-state index in [0.29, 0.717) is 48.8 Å². The van der Waals surface area contributed by atoms with E-state index in [0.717, 1.165) is 38.2 Å². The zero-order valence-electron chi connectivity index (χ0n) is 15.8. The van der Waals surface area contributed by atoms with E-state index in [1.165, 1.54) is 0 Å². The summed E-state index contributed by atoms with van der Waals surface area (Å²) in [6.07, 6.45) is 0.672. The highest BCUT2D eigenvalue weighted by atomic mass is 16.6. The number of morpholine rings is 1. The highest BCUT2D eigenvalue weighted by Crippen LogP contribution is 2.33. The van der Waals surface area contributed by atoms with E-state index in [4.69, 9.17) is 14.2 Å². The van der Waals surface area contributed by atoms with Crippen LogP contribution in [0.2, 0.25) is 0 Å². The molecule has 1 aromatic carbocycles. The van der Waals surface area contributed by atoms with E-state index in [-0.39, 0.29) is 17.9 Å². The SMILES string of the molecule is O=C(CCc1cc2cc3c(cc2[nH]c1=O)OCCO3)NCCN1CCOCC1. The second-order valence-corrected chi connectivity index (χ2v) is 7.01. The number of hydrogen-bond donors (Lipinski definition) is 2. The Labute approximate surface area is 162 Å². The molecule has 28 heavy (non-hydrogen) atoms. The Morgan fingerprint density at radius 2 is 1.82 bits per heavy atom. The van der Waals surface area contributed by atoms with Crippen molar-refractivity contribution < 1.29 is 19.0 Å². The Balaban J connectivity index is 1.34. The van der Waals surface area contributed by atoms with Crippen LogP contribution in [0.1, 0.15) is 12.0 Å². The number of H-pyrrole nitrogens is 1. The predicted octanol–water partition coefficient (Wildman–Crippen LogP) is 0.680. The highest BCUT2D eigenvalue weighted by Gasteiger charge is 2.15. The zero-order valence-corrected chi connectivity index (χ0v) is 15.8. The van der Waals surface area contributed by atoms with Gasteiger partial charge < -0.3 is 24.5 Å². The number of amides is 1. The molecule has 150 valence electrons. The Morgan fingerprint density at radius 1 is 1.07 bits per heavy atom. The van der Waals surface area contributed by atoms with Gasteiger partial charge >= 0.3 is 0 Å². The van der Waals surface area contributed by atoms with Crippen molar-refractivity contribution >= 4 is 16.8 Å². The van der Waals surface area contributed by atoms with Crippen LogP contribution in [0.3, 0.4) is 0 Å². The van der Waals surface area contributed by atoms with Crippen molar-refractivity contribution in [1.29, 1.82) is 0 Å². The monoisotopic (exact) mass is 387 g/mol. The van der Waals surface area contributed by atoms with E-state index in [1.807, 2.05) is 12.1 Å². The summed E-state index contributed by atoms with van der Waals surface area (Å²) in [5.74, 6) is 1.27. The molecule has 2 aliphatic heterocycles. The van der Waals surface area contributed by atoms with E-state index in [1.54, 1.807) is 6.07 Å². The van der Waals surface area contributed by atoms with E-state index in [9.17, 15) is 9.59 Å². The van der Waals surface area contributed by atoms with Gasteiger partial charge in [-0.05, 0) is 18.6 Å². The third kappa shape index (κ3) is 4.45. The summed E-state index contributed by atoms with van der Waals surface area (Å²) in [4.78, 5) is 29.6. The summed E-state index contributed by atoms with van der Waals surface area (Å²) in [6.45, 7) is 5.75. The molecule has 0 atom stereocenters. The second-order valence-electron chi connectivity index (χ2n) is 7.01. The number of aromatic amines is 1. The number of carbonyl (C=O) groups is 1. The first-order valence-corrected chi connectivity index (χ1v) is 9.71. The molecule has 3 heterocycles. The molecule has 0 bridgehead atoms. The Bertz CT molecular complexity index is 905. The van der Waals surface area contributed by atoms with E-state index >= 15 is 0 Å². The summed E-state index contributed by atoms with van der Waals surface area (Å²) in [7, 11) is 0. The van der Waals surface area contributed by atoms with Crippen LogP contribution < -0.4 is 20.3 Å². The van der Waals surface area contributed by atoms with Crippen molar-refractivity contribution in [3.8, 4) is 11.5 Å². The lowest BCUT2D eigenvalue weighted by atomic mass is 10.1. The molecular weight excluding hydrogens is 362 g/mol. The fourth-order valence-electron chi connectivity index (χ4n) is 3.49. The standard InChI is InChI=1S/C20H25N3O5/c24-19(21-3-4-23-5-7-26-8-6-23)2-1-14-11-15-12-17-18(28-10-9-27-17)13-16(15)22-20(14)25/h11-13H,1-10H2,(H,21,24)(H,22,25). The maximum atomic E-state index is 12.4. The molecule has 2 aromatic rings. The topological polar surface area (TPSA) is 92.9 Å². The molecule has 2 aliphatic rings. The number of nitrogens with zero attached hydrogens (tertiary/aromatic N) is 1. The number of nitrogens with one attached hydrogen (secondary N) is 2. The number of ether oxygens (including phenoxy) is 3. The van der Waals surface area contributed by atoms with E-state index in [2.05, 4.69) is 15.2 Å². The van der Waals surface area contributed by atoms with Crippen LogP contribution in [0.25, 0.3) is 10.9 Å². The lowest BCUT2D eigenvalue weighted by molar-refractivity contribution is -0.121. The van der Waals surface area contributed by atoms with Gasteiger partial charge in [-0.25, -0.2) is 0 Å². The molecule has 0 saturated carbocycles. The number of aromatic nitrogens is 1. The third-order valence-corrected chi connectivity index (χ3v) is 5.06. The Morgan fingerprint density at radius 3 is 2.61 bits per heavy atom. The van der Waals surface area contributed by atoms with Gasteiger partial charge in [0, 0.05) is 49.6 Å². The fraction of sp³-hybridized carbons (Fsp3) is 0.500. The van der Waals surface area contributed by atoms with Gasteiger partial charge in [-0.15, -0.1) is 0 Å². The second kappa shape index (κ2) is 8.62. The van der Waals surface area contributed by atoms with Gasteiger partial charge in [-0.3, -0.25) is 14.5 Å². The van der Waals surface area contributed by atoms with Crippen molar-refractivity contribution in [2.75, 3.05) is 52.6 Å². The van der Waals surface area contributed by atoms with Gasteiger partial charge in [0.15, 0.2) is 11.5 Å². The largest absolute Gasteiger partial charge is 0.486 e. The summed E-state index contributed by atoms with van der Waals surface area (Å²) < 4.78 is 16.5. The molecule has 2 N–H and O–H groups in total. The van der Waals surface area contributed by atoms with Crippen molar-refractivity contribution in [3.63, 3.8) is 0 Å². The molecule has 4 rings (SSSR count). The van der Waals surface area contributed by atoms with Gasteiger partial charge in [-0.2, -0.15) is 0 Å². The molecule has 0 radical (unpaired) electrons. The molecule has 0 aliphatic carbocycles. The molecule has 1 aromatic heterocycles. The van der Waals surface area contributed by atoms with Crippen LogP contribution in [-0.2, 0) is 16.0 Å². The predicted molar refractivity (Wildman–Crippen MR) is 104 cm³/mol. The first-order chi connectivity index (χ1) is 13.7. The Kier molecular flexibility index (Phi) is 5.78. The Hall–Kier alpha value is -2.58. The third-order valence-electron chi connectivity index (χ3n) is 5.06. The minimum atomic E-state index is -0.176. The van der Waals surface area contributed by atoms with Crippen LogP contribution >= 0.6 is 0 Å². The highest BCUT2D eigenvalue weighted by molar-refractivity contribution is 5.83. The first-order valence-electron chi connectivity index (χ1n) is 9.71. The maximum absolute atomic E-state index is 12.4. The lowest BCUT2D eigenvalue weighted by Gasteiger charge is -2.26. The first kappa shape index (κ1) is 18.8. The van der Waals surface area contributed by atoms with Crippen LogP contribution in [0.5, 0.6) is 11.5 Å². The number of hydrogen-bond acceptors (Lipinski definition) is 6. The molecule has 1 amide bonds. The minimum Gasteiger partial charge on any atom is -0.486 e. The van der Waals surface area contributed by atoms with Crippen molar-refractivity contribution in [3.05, 3.63) is 34.1 Å². The van der Waals surface area contributed by atoms with Crippen LogP contribution in [0.15, 0.2) is 23.0 Å². The summed E-state index contributed by atoms with van der Waals surface area (Å²) in [5.41, 5.74) is 1.12. The zero-order chi connectivity index (χ0) is 19.3. The lowest BCUT2D eigenvalue weighted by Crippen LogP contribution is -2.41. The smallest absolute Gasteiger partial charge is 0.251 e. The number of rotatable bonds is 6. The van der Waals surface area contributed by atoms with Crippen LogP contribution in [-0.4, -0.2) is 68.4 Å². The normalized spacial score (nSPS) is 16.9. The molecule has 8 heteroatoms. The number of aryl methyl sites for hydroxylation is 1. The van der Waals surface area contributed by atoms with Gasteiger partial charge in [-0.1, -0.05) is 0 Å². The quantitative estimate of drug-likeness (QED) is 0.757. The average molecular weight is 387 g/mol. The maximum Gasteiger partial charge on any atom is 0.251 e. The molecule has 0 spiro atoms. The number of benzene rings is 1. The molecule has 0 unspecified atom stereocenters. The average Bonchev–Trinajstić information content (AvgIpc) is 2.71. The minimum absolute atomic E-state index is 0.0464. The van der Waals surface area contributed by atoms with Gasteiger partial charge in [0.25, 0.3) is 5.56 Å². The van der Waals surface area contributed by atoms with E-state index < -0.39 is 0 Å². The summed E-state index contributed by atoms with van der Waals surface area (Å²) >= 11 is 0. The summed E-state index contributed by atoms with van der Waals surface area (Å²) in [5, 5.41) is 3.79. The fourth-order valence-corrected chi connectivity index (χ4v) is 3.49. The number of fused-ring (bicyclic) bond motifs is 2. The number of pyridine rings is 1. The van der Waals surface area contributed by atoms with Gasteiger partial charge in [0.1, 0.15) is 13.2 Å². The van der Waals surface area contributed by atoms with Gasteiger partial charge in [0.05, 0.1) is 18.7 Å². The molecule has 1 saturated heterocycles. The van der Waals surface area contributed by atoms with Crippen LogP contribution in [0, 0.1) is 0 Å².